The fourth-order valence-electron chi connectivity index (χ4n) is 2.87. The van der Waals surface area contributed by atoms with Crippen LogP contribution in [0.1, 0.15) is 66.2 Å². The first-order valence-electron chi connectivity index (χ1n) is 8.82. The second-order valence-electron chi connectivity index (χ2n) is 7.75. The monoisotopic (exact) mass is 357 g/mol. The van der Waals surface area contributed by atoms with Crippen LogP contribution in [0.5, 0.6) is 0 Å². The van der Waals surface area contributed by atoms with Gasteiger partial charge in [-0.05, 0) is 12.8 Å². The number of hydrogen-bond acceptors (Lipinski definition) is 4. The van der Waals surface area contributed by atoms with Crippen molar-refractivity contribution >= 4 is 28.8 Å². The highest BCUT2D eigenvalue weighted by atomic mass is 32.2. The normalized spacial score (nSPS) is 17.8. The van der Waals surface area contributed by atoms with Crippen molar-refractivity contribution in [2.75, 3.05) is 12.3 Å². The summed E-state index contributed by atoms with van der Waals surface area (Å²) in [5.74, 6) is -1.07. The number of aliphatic carboxylic acids is 1. The molecule has 6 heteroatoms. The number of rotatable bonds is 6. The highest BCUT2D eigenvalue weighted by Gasteiger charge is 2.31. The smallest absolute Gasteiger partial charge is 0.323 e. The number of amides is 1. The van der Waals surface area contributed by atoms with Gasteiger partial charge in [0.15, 0.2) is 5.12 Å². The lowest BCUT2D eigenvalue weighted by Crippen LogP contribution is -2.46. The predicted octanol–water partition coefficient (Wildman–Crippen LogP) is 3.56. The van der Waals surface area contributed by atoms with Crippen LogP contribution in [0.4, 0.5) is 0 Å². The third-order valence-corrected chi connectivity index (χ3v) is 5.89. The first-order chi connectivity index (χ1) is 11.1. The lowest BCUT2D eigenvalue weighted by atomic mass is 10.00. The van der Waals surface area contributed by atoms with Crippen molar-refractivity contribution in [1.82, 2.24) is 4.90 Å². The minimum atomic E-state index is -0.974. The molecule has 138 valence electrons. The lowest BCUT2D eigenvalue weighted by Gasteiger charge is -2.32. The van der Waals surface area contributed by atoms with E-state index in [0.717, 1.165) is 38.5 Å². The van der Waals surface area contributed by atoms with E-state index in [2.05, 4.69) is 0 Å². The van der Waals surface area contributed by atoms with Gasteiger partial charge >= 0.3 is 5.97 Å². The van der Waals surface area contributed by atoms with Gasteiger partial charge < -0.3 is 10.0 Å². The van der Waals surface area contributed by atoms with E-state index >= 15 is 0 Å². The van der Waals surface area contributed by atoms with Crippen molar-refractivity contribution < 1.29 is 19.5 Å². The molecule has 0 bridgehead atoms. The number of nitrogens with zero attached hydrogens (tertiary/aromatic N) is 1. The summed E-state index contributed by atoms with van der Waals surface area (Å²) in [6.07, 6.45) is 6.13. The Hall–Kier alpha value is -1.04. The van der Waals surface area contributed by atoms with E-state index in [9.17, 15) is 19.5 Å². The summed E-state index contributed by atoms with van der Waals surface area (Å²) in [5.41, 5.74) is -0.435. The number of carbonyl (C=O) groups is 3. The van der Waals surface area contributed by atoms with E-state index < -0.39 is 11.4 Å². The van der Waals surface area contributed by atoms with Crippen LogP contribution >= 0.6 is 11.8 Å². The van der Waals surface area contributed by atoms with Crippen LogP contribution < -0.4 is 0 Å². The summed E-state index contributed by atoms with van der Waals surface area (Å²) < 4.78 is 0. The van der Waals surface area contributed by atoms with Crippen LogP contribution in [-0.4, -0.2) is 45.3 Å². The summed E-state index contributed by atoms with van der Waals surface area (Å²) in [5, 5.41) is 9.24. The van der Waals surface area contributed by atoms with Gasteiger partial charge in [0.1, 0.15) is 6.54 Å². The van der Waals surface area contributed by atoms with E-state index in [-0.39, 0.29) is 29.5 Å². The van der Waals surface area contributed by atoms with E-state index in [1.807, 2.05) is 20.8 Å². The molecule has 1 aliphatic rings. The fraction of sp³-hybridized carbons (Fsp3) is 0.833. The minimum absolute atomic E-state index is 0.0156. The second kappa shape index (κ2) is 9.44. The number of carboxylic acids is 1. The minimum Gasteiger partial charge on any atom is -0.480 e. The summed E-state index contributed by atoms with van der Waals surface area (Å²) in [7, 11) is 0. The highest BCUT2D eigenvalue weighted by Crippen LogP contribution is 2.27. The van der Waals surface area contributed by atoms with Gasteiger partial charge in [0.2, 0.25) is 5.91 Å². The molecular weight excluding hydrogens is 326 g/mol. The van der Waals surface area contributed by atoms with E-state index in [1.165, 1.54) is 11.8 Å². The Bertz CT molecular complexity index is 450. The van der Waals surface area contributed by atoms with Crippen molar-refractivity contribution in [2.24, 2.45) is 11.3 Å². The summed E-state index contributed by atoms with van der Waals surface area (Å²) in [6.45, 7) is 7.12. The van der Waals surface area contributed by atoms with Gasteiger partial charge in [-0.15, -0.1) is 0 Å². The number of hydrogen-bond donors (Lipinski definition) is 1. The summed E-state index contributed by atoms with van der Waals surface area (Å²) in [4.78, 5) is 37.6. The Kier molecular flexibility index (Phi) is 8.27. The first-order valence-corrected chi connectivity index (χ1v) is 9.81. The van der Waals surface area contributed by atoms with Crippen LogP contribution in [-0.2, 0) is 14.4 Å². The maximum Gasteiger partial charge on any atom is 0.323 e. The van der Waals surface area contributed by atoms with Gasteiger partial charge in [0.05, 0.1) is 0 Å². The number of carboxylic acid groups (broad SMARTS) is 1. The molecule has 1 N–H and O–H groups in total. The second-order valence-corrected chi connectivity index (χ2v) is 8.75. The Morgan fingerprint density at radius 1 is 1.12 bits per heavy atom. The molecule has 0 heterocycles. The van der Waals surface area contributed by atoms with Crippen molar-refractivity contribution in [3.05, 3.63) is 0 Å². The Labute approximate surface area is 149 Å². The van der Waals surface area contributed by atoms with Gasteiger partial charge in [-0.1, -0.05) is 65.1 Å². The molecule has 5 nitrogen and oxygen atoms in total. The molecule has 1 fully saturated rings. The molecule has 0 spiro atoms. The highest BCUT2D eigenvalue weighted by molar-refractivity contribution is 8.13. The molecule has 0 radical (unpaired) electrons. The topological polar surface area (TPSA) is 74.7 Å². The zero-order chi connectivity index (χ0) is 18.3. The average Bonchev–Trinajstić information content (AvgIpc) is 2.77. The molecule has 0 aromatic heterocycles. The molecule has 1 aliphatic carbocycles. The van der Waals surface area contributed by atoms with Gasteiger partial charge in [0, 0.05) is 23.1 Å². The standard InChI is InChI=1S/C18H31NO4S/c1-13(12-24-17(23)18(2,3)4)16(22)19(11-15(20)21)14-9-7-5-6-8-10-14/h13-14H,5-12H2,1-4H3,(H,20,21). The zero-order valence-electron chi connectivity index (χ0n) is 15.3. The molecule has 1 atom stereocenters. The van der Waals surface area contributed by atoms with Crippen molar-refractivity contribution in [2.45, 2.75) is 72.3 Å². The predicted molar refractivity (Wildman–Crippen MR) is 96.9 cm³/mol. The van der Waals surface area contributed by atoms with Crippen molar-refractivity contribution in [1.29, 1.82) is 0 Å². The zero-order valence-corrected chi connectivity index (χ0v) is 16.2. The van der Waals surface area contributed by atoms with Crippen LogP contribution in [0.3, 0.4) is 0 Å². The van der Waals surface area contributed by atoms with Crippen LogP contribution in [0.15, 0.2) is 0 Å². The molecule has 0 aromatic carbocycles. The molecule has 1 unspecified atom stereocenters. The fourth-order valence-corrected chi connectivity index (χ4v) is 3.85. The van der Waals surface area contributed by atoms with E-state index in [0.29, 0.717) is 5.75 Å². The van der Waals surface area contributed by atoms with E-state index in [1.54, 1.807) is 11.8 Å². The van der Waals surface area contributed by atoms with Gasteiger partial charge in [-0.25, -0.2) is 0 Å². The van der Waals surface area contributed by atoms with Gasteiger partial charge in [-0.3, -0.25) is 14.4 Å². The number of thioether (sulfide) groups is 1. The molecule has 0 aliphatic heterocycles. The van der Waals surface area contributed by atoms with E-state index in [4.69, 9.17) is 0 Å². The third kappa shape index (κ3) is 6.83. The Balaban J connectivity index is 2.71. The molecule has 1 amide bonds. The van der Waals surface area contributed by atoms with Crippen molar-refractivity contribution in [3.63, 3.8) is 0 Å². The molecule has 1 rings (SSSR count). The molecule has 24 heavy (non-hydrogen) atoms. The Morgan fingerprint density at radius 2 is 1.67 bits per heavy atom. The molecular formula is C18H31NO4S. The maximum absolute atomic E-state index is 12.8. The third-order valence-electron chi connectivity index (χ3n) is 4.35. The maximum atomic E-state index is 12.8. The van der Waals surface area contributed by atoms with Crippen LogP contribution in [0.2, 0.25) is 0 Å². The largest absolute Gasteiger partial charge is 0.480 e. The van der Waals surface area contributed by atoms with Gasteiger partial charge in [0.25, 0.3) is 0 Å². The van der Waals surface area contributed by atoms with Crippen molar-refractivity contribution in [3.8, 4) is 0 Å². The van der Waals surface area contributed by atoms with Gasteiger partial charge in [-0.2, -0.15) is 0 Å². The van der Waals surface area contributed by atoms with Crippen LogP contribution in [0, 0.1) is 11.3 Å². The molecule has 1 saturated carbocycles. The quantitative estimate of drug-likeness (QED) is 0.736. The first kappa shape index (κ1) is 21.0. The molecule has 0 saturated heterocycles. The summed E-state index contributed by atoms with van der Waals surface area (Å²) in [6, 6.07) is 0.0156. The molecule has 0 aromatic rings. The number of carbonyl (C=O) groups excluding carboxylic acids is 2. The summed E-state index contributed by atoms with van der Waals surface area (Å²) >= 11 is 1.17. The SMILES string of the molecule is CC(CSC(=O)C(C)(C)C)C(=O)N(CC(=O)O)C1CCCCCC1. The Morgan fingerprint density at radius 3 is 2.12 bits per heavy atom. The lowest BCUT2D eigenvalue weighted by molar-refractivity contribution is -0.148. The van der Waals surface area contributed by atoms with Crippen LogP contribution in [0.25, 0.3) is 0 Å². The average molecular weight is 358 g/mol.